The van der Waals surface area contributed by atoms with E-state index in [1.807, 2.05) is 19.9 Å². The Labute approximate surface area is 83.6 Å². The molecule has 3 nitrogen and oxygen atoms in total. The smallest absolute Gasteiger partial charge is 0.110 e. The number of pyridine rings is 1. The maximum atomic E-state index is 5.87. The molecule has 2 aromatic heterocycles. The summed E-state index contributed by atoms with van der Waals surface area (Å²) in [5, 5.41) is 0. The Morgan fingerprint density at radius 2 is 2.07 bits per heavy atom. The van der Waals surface area contributed by atoms with E-state index >= 15 is 0 Å². The number of rotatable bonds is 1. The largest absolute Gasteiger partial charge is 0.323 e. The van der Waals surface area contributed by atoms with Crippen molar-refractivity contribution in [2.45, 2.75) is 26.8 Å². The summed E-state index contributed by atoms with van der Waals surface area (Å²) in [4.78, 5) is 4.49. The van der Waals surface area contributed by atoms with Crippen molar-refractivity contribution in [2.24, 2.45) is 5.73 Å². The molecule has 0 bridgehead atoms. The van der Waals surface area contributed by atoms with Crippen molar-refractivity contribution in [2.75, 3.05) is 0 Å². The number of nitrogens with zero attached hydrogens (tertiary/aromatic N) is 2. The van der Waals surface area contributed by atoms with Gasteiger partial charge in [0.1, 0.15) is 5.82 Å². The number of hydrogen-bond donors (Lipinski definition) is 1. The van der Waals surface area contributed by atoms with Crippen molar-refractivity contribution in [3.63, 3.8) is 0 Å². The Morgan fingerprint density at radius 1 is 1.36 bits per heavy atom. The number of nitrogens with two attached hydrogens (primary N) is 1. The molecule has 3 heteroatoms. The second-order valence-corrected chi connectivity index (χ2v) is 3.72. The van der Waals surface area contributed by atoms with Crippen LogP contribution in [0.2, 0.25) is 0 Å². The first-order valence-corrected chi connectivity index (χ1v) is 4.81. The summed E-state index contributed by atoms with van der Waals surface area (Å²) in [6.45, 7) is 6.04. The van der Waals surface area contributed by atoms with E-state index in [0.29, 0.717) is 0 Å². The van der Waals surface area contributed by atoms with Gasteiger partial charge in [-0.3, -0.25) is 0 Å². The zero-order chi connectivity index (χ0) is 10.3. The number of fused-ring (bicyclic) bond motifs is 1. The van der Waals surface area contributed by atoms with Gasteiger partial charge in [-0.15, -0.1) is 0 Å². The summed E-state index contributed by atoms with van der Waals surface area (Å²) in [7, 11) is 0. The van der Waals surface area contributed by atoms with Gasteiger partial charge in [0.15, 0.2) is 0 Å². The lowest BCUT2D eigenvalue weighted by Gasteiger charge is -2.03. The first-order valence-electron chi connectivity index (χ1n) is 4.81. The molecular formula is C11H15N3. The normalized spacial score (nSPS) is 13.4. The van der Waals surface area contributed by atoms with E-state index in [0.717, 1.165) is 17.0 Å². The minimum absolute atomic E-state index is 0.0134. The number of aryl methyl sites for hydroxylation is 2. The zero-order valence-electron chi connectivity index (χ0n) is 8.78. The lowest BCUT2D eigenvalue weighted by Crippen LogP contribution is -2.05. The fraction of sp³-hybridized carbons (Fsp3) is 0.364. The highest BCUT2D eigenvalue weighted by Crippen LogP contribution is 2.19. The van der Waals surface area contributed by atoms with Crippen molar-refractivity contribution in [1.82, 2.24) is 9.38 Å². The summed E-state index contributed by atoms with van der Waals surface area (Å²) in [5.41, 5.74) is 9.16. The summed E-state index contributed by atoms with van der Waals surface area (Å²) >= 11 is 0. The average molecular weight is 189 g/mol. The third-order valence-corrected chi connectivity index (χ3v) is 2.48. The first-order chi connectivity index (χ1) is 6.61. The predicted molar refractivity (Wildman–Crippen MR) is 57.3 cm³/mol. The molecule has 0 saturated carbocycles. The molecule has 1 unspecified atom stereocenters. The van der Waals surface area contributed by atoms with Crippen LogP contribution in [0.5, 0.6) is 0 Å². The van der Waals surface area contributed by atoms with Crippen LogP contribution >= 0.6 is 0 Å². The molecule has 14 heavy (non-hydrogen) atoms. The number of imidazole rings is 1. The maximum absolute atomic E-state index is 5.87. The van der Waals surface area contributed by atoms with Gasteiger partial charge in [0.2, 0.25) is 0 Å². The van der Waals surface area contributed by atoms with E-state index in [-0.39, 0.29) is 6.04 Å². The highest BCUT2D eigenvalue weighted by Gasteiger charge is 2.11. The van der Waals surface area contributed by atoms with Gasteiger partial charge in [0.05, 0.1) is 11.2 Å². The third-order valence-electron chi connectivity index (χ3n) is 2.48. The van der Waals surface area contributed by atoms with Crippen molar-refractivity contribution >= 4 is 5.52 Å². The van der Waals surface area contributed by atoms with Crippen molar-refractivity contribution in [3.05, 3.63) is 35.4 Å². The Hall–Kier alpha value is -1.35. The van der Waals surface area contributed by atoms with E-state index in [4.69, 9.17) is 5.73 Å². The van der Waals surface area contributed by atoms with Gasteiger partial charge in [0.25, 0.3) is 0 Å². The number of hydrogen-bond acceptors (Lipinski definition) is 2. The molecule has 0 fully saturated rings. The molecule has 2 rings (SSSR count). The van der Waals surface area contributed by atoms with Crippen LogP contribution in [0.1, 0.15) is 30.2 Å². The molecule has 0 aliphatic heterocycles. The van der Waals surface area contributed by atoms with Crippen LogP contribution in [0.25, 0.3) is 5.52 Å². The van der Waals surface area contributed by atoms with Crippen LogP contribution in [0.4, 0.5) is 0 Å². The molecule has 0 aliphatic rings. The first kappa shape index (κ1) is 9.21. The van der Waals surface area contributed by atoms with Crippen LogP contribution in [0.15, 0.2) is 18.2 Å². The Kier molecular flexibility index (Phi) is 2.04. The van der Waals surface area contributed by atoms with E-state index < -0.39 is 0 Å². The second-order valence-electron chi connectivity index (χ2n) is 3.72. The summed E-state index contributed by atoms with van der Waals surface area (Å²) in [6, 6.07) is 6.16. The van der Waals surface area contributed by atoms with Crippen LogP contribution in [0.3, 0.4) is 0 Å². The highest BCUT2D eigenvalue weighted by atomic mass is 15.0. The van der Waals surface area contributed by atoms with Crippen LogP contribution in [-0.4, -0.2) is 9.38 Å². The molecule has 2 N–H and O–H groups in total. The second kappa shape index (κ2) is 3.10. The fourth-order valence-electron chi connectivity index (χ4n) is 1.86. The van der Waals surface area contributed by atoms with E-state index in [9.17, 15) is 0 Å². The van der Waals surface area contributed by atoms with Gasteiger partial charge in [-0.25, -0.2) is 4.98 Å². The Bertz CT molecular complexity index is 469. The maximum Gasteiger partial charge on any atom is 0.110 e. The van der Waals surface area contributed by atoms with Gasteiger partial charge in [-0.1, -0.05) is 6.07 Å². The lowest BCUT2D eigenvalue weighted by molar-refractivity contribution is 0.793. The molecule has 0 radical (unpaired) electrons. The summed E-state index contributed by atoms with van der Waals surface area (Å²) in [5.74, 6) is 1.01. The SMILES string of the molecule is Cc1cccc2c(C(C)N)nc(C)n12. The quantitative estimate of drug-likeness (QED) is 0.745. The number of aromatic nitrogens is 2. The summed E-state index contributed by atoms with van der Waals surface area (Å²) in [6.07, 6.45) is 0. The predicted octanol–water partition coefficient (Wildman–Crippen LogP) is 1.97. The van der Waals surface area contributed by atoms with Gasteiger partial charge >= 0.3 is 0 Å². The summed E-state index contributed by atoms with van der Waals surface area (Å²) < 4.78 is 2.14. The van der Waals surface area contributed by atoms with Crippen molar-refractivity contribution < 1.29 is 0 Å². The van der Waals surface area contributed by atoms with Gasteiger partial charge < -0.3 is 10.1 Å². The minimum atomic E-state index is -0.0134. The molecule has 2 aromatic rings. The Balaban J connectivity index is 2.84. The van der Waals surface area contributed by atoms with Crippen LogP contribution in [-0.2, 0) is 0 Å². The molecule has 0 aromatic carbocycles. The zero-order valence-corrected chi connectivity index (χ0v) is 8.78. The topological polar surface area (TPSA) is 43.3 Å². The highest BCUT2D eigenvalue weighted by molar-refractivity contribution is 5.55. The van der Waals surface area contributed by atoms with Crippen LogP contribution < -0.4 is 5.73 Å². The molecule has 0 saturated heterocycles. The molecule has 1 atom stereocenters. The molecule has 74 valence electrons. The molecule has 2 heterocycles. The Morgan fingerprint density at radius 3 is 2.71 bits per heavy atom. The third kappa shape index (κ3) is 1.21. The monoisotopic (exact) mass is 189 g/mol. The molecule has 0 amide bonds. The fourth-order valence-corrected chi connectivity index (χ4v) is 1.86. The van der Waals surface area contributed by atoms with Crippen molar-refractivity contribution in [3.8, 4) is 0 Å². The van der Waals surface area contributed by atoms with Gasteiger partial charge in [-0.2, -0.15) is 0 Å². The van der Waals surface area contributed by atoms with Gasteiger partial charge in [-0.05, 0) is 32.9 Å². The van der Waals surface area contributed by atoms with E-state index in [1.54, 1.807) is 0 Å². The molecule has 0 spiro atoms. The minimum Gasteiger partial charge on any atom is -0.323 e. The molecule has 0 aliphatic carbocycles. The van der Waals surface area contributed by atoms with Crippen molar-refractivity contribution in [1.29, 1.82) is 0 Å². The van der Waals surface area contributed by atoms with E-state index in [2.05, 4.69) is 28.4 Å². The standard InChI is InChI=1S/C11H15N3/c1-7-5-4-6-10-11(8(2)12)13-9(3)14(7)10/h4-6,8H,12H2,1-3H3. The van der Waals surface area contributed by atoms with E-state index in [1.165, 1.54) is 5.69 Å². The van der Waals surface area contributed by atoms with Gasteiger partial charge in [0, 0.05) is 11.7 Å². The molecular weight excluding hydrogens is 174 g/mol. The van der Waals surface area contributed by atoms with Crippen LogP contribution in [0, 0.1) is 13.8 Å². The average Bonchev–Trinajstić information content (AvgIpc) is 2.45. The lowest BCUT2D eigenvalue weighted by atomic mass is 10.2.